The molecule has 82 valence electrons. The van der Waals surface area contributed by atoms with Gasteiger partial charge in [-0.15, -0.1) is 0 Å². The highest BCUT2D eigenvalue weighted by Gasteiger charge is 2.08. The lowest BCUT2D eigenvalue weighted by molar-refractivity contribution is 0.343. The zero-order valence-corrected chi connectivity index (χ0v) is 10.2. The number of benzene rings is 1. The Balaban J connectivity index is 3.14. The van der Waals surface area contributed by atoms with Gasteiger partial charge in [0.05, 0.1) is 20.8 Å². The minimum atomic E-state index is 0.0146. The Labute approximate surface area is 97.5 Å². The van der Waals surface area contributed by atoms with Crippen molar-refractivity contribution < 1.29 is 14.6 Å². The third kappa shape index (κ3) is 2.97. The molecule has 0 radical (unpaired) electrons. The molecule has 0 aromatic heterocycles. The first kappa shape index (κ1) is 12.1. The van der Waals surface area contributed by atoms with Gasteiger partial charge in [-0.2, -0.15) is 0 Å². The summed E-state index contributed by atoms with van der Waals surface area (Å²) in [6.07, 6.45) is 3.46. The highest BCUT2D eigenvalue weighted by atomic mass is 79.9. The summed E-state index contributed by atoms with van der Waals surface area (Å²) in [5, 5.41) is 8.68. The van der Waals surface area contributed by atoms with Gasteiger partial charge in [0.15, 0.2) is 0 Å². The van der Waals surface area contributed by atoms with E-state index in [2.05, 4.69) is 15.9 Å². The lowest BCUT2D eigenvalue weighted by Gasteiger charge is -2.09. The first-order valence-corrected chi connectivity index (χ1v) is 5.21. The molecule has 0 atom stereocenters. The SMILES string of the molecule is COc1cc(C=CCO)cc(OC)c1Br. The van der Waals surface area contributed by atoms with Crippen molar-refractivity contribution in [2.75, 3.05) is 20.8 Å². The summed E-state index contributed by atoms with van der Waals surface area (Å²) in [6, 6.07) is 3.72. The molecule has 0 aliphatic heterocycles. The van der Waals surface area contributed by atoms with E-state index in [0.29, 0.717) is 11.5 Å². The monoisotopic (exact) mass is 272 g/mol. The van der Waals surface area contributed by atoms with E-state index in [1.54, 1.807) is 26.4 Å². The molecule has 1 aromatic rings. The molecule has 0 spiro atoms. The lowest BCUT2D eigenvalue weighted by Crippen LogP contribution is -1.91. The number of methoxy groups -OCH3 is 2. The van der Waals surface area contributed by atoms with Crippen molar-refractivity contribution in [3.05, 3.63) is 28.2 Å². The van der Waals surface area contributed by atoms with E-state index in [-0.39, 0.29) is 6.61 Å². The summed E-state index contributed by atoms with van der Waals surface area (Å²) in [7, 11) is 3.19. The molecule has 0 saturated heterocycles. The predicted octanol–water partition coefficient (Wildman–Crippen LogP) is 2.47. The molecule has 15 heavy (non-hydrogen) atoms. The Kier molecular flexibility index (Phi) is 4.65. The first-order chi connectivity index (χ1) is 7.22. The second-order valence-electron chi connectivity index (χ2n) is 2.82. The first-order valence-electron chi connectivity index (χ1n) is 4.41. The molecule has 0 heterocycles. The minimum Gasteiger partial charge on any atom is -0.495 e. The number of aliphatic hydroxyl groups excluding tert-OH is 1. The molecule has 1 N–H and O–H groups in total. The molecule has 1 aromatic carbocycles. The van der Waals surface area contributed by atoms with Gasteiger partial charge >= 0.3 is 0 Å². The number of hydrogen-bond acceptors (Lipinski definition) is 3. The van der Waals surface area contributed by atoms with Crippen LogP contribution in [0.3, 0.4) is 0 Å². The molecule has 0 bridgehead atoms. The van der Waals surface area contributed by atoms with Gasteiger partial charge in [-0.05, 0) is 33.6 Å². The van der Waals surface area contributed by atoms with Gasteiger partial charge in [-0.1, -0.05) is 12.2 Å². The second kappa shape index (κ2) is 5.78. The van der Waals surface area contributed by atoms with Crippen LogP contribution in [0.25, 0.3) is 6.08 Å². The standard InChI is InChI=1S/C11H13BrO3/c1-14-9-6-8(4-3-5-13)7-10(15-2)11(9)12/h3-4,6-7,13H,5H2,1-2H3. The third-order valence-corrected chi connectivity index (χ3v) is 2.67. The van der Waals surface area contributed by atoms with Crippen LogP contribution in [0.5, 0.6) is 11.5 Å². The molecule has 0 aliphatic rings. The smallest absolute Gasteiger partial charge is 0.137 e. The Morgan fingerprint density at radius 3 is 2.20 bits per heavy atom. The van der Waals surface area contributed by atoms with Crippen LogP contribution in [-0.4, -0.2) is 25.9 Å². The third-order valence-electron chi connectivity index (χ3n) is 1.88. The number of aliphatic hydroxyl groups is 1. The molecule has 1 rings (SSSR count). The van der Waals surface area contributed by atoms with Crippen LogP contribution in [0.2, 0.25) is 0 Å². The molecule has 0 fully saturated rings. The van der Waals surface area contributed by atoms with Crippen molar-refractivity contribution in [2.45, 2.75) is 0 Å². The number of hydrogen-bond donors (Lipinski definition) is 1. The van der Waals surface area contributed by atoms with Crippen molar-refractivity contribution in [3.8, 4) is 11.5 Å². The molecular weight excluding hydrogens is 260 g/mol. The van der Waals surface area contributed by atoms with Crippen LogP contribution in [0.4, 0.5) is 0 Å². The van der Waals surface area contributed by atoms with Crippen molar-refractivity contribution in [2.24, 2.45) is 0 Å². The maximum Gasteiger partial charge on any atom is 0.137 e. The van der Waals surface area contributed by atoms with Gasteiger partial charge in [-0.25, -0.2) is 0 Å². The summed E-state index contributed by atoms with van der Waals surface area (Å²) in [5.74, 6) is 1.40. The summed E-state index contributed by atoms with van der Waals surface area (Å²) < 4.78 is 11.2. The molecule has 0 aliphatic carbocycles. The van der Waals surface area contributed by atoms with Crippen LogP contribution in [0.15, 0.2) is 22.7 Å². The number of ether oxygens (including phenoxy) is 2. The van der Waals surface area contributed by atoms with E-state index in [1.165, 1.54) is 0 Å². The molecule has 3 nitrogen and oxygen atoms in total. The molecule has 0 unspecified atom stereocenters. The maximum absolute atomic E-state index is 8.68. The lowest BCUT2D eigenvalue weighted by atomic mass is 10.2. The fourth-order valence-electron chi connectivity index (χ4n) is 1.17. The Morgan fingerprint density at radius 2 is 1.80 bits per heavy atom. The summed E-state index contributed by atoms with van der Waals surface area (Å²) in [4.78, 5) is 0. The van der Waals surface area contributed by atoms with Crippen molar-refractivity contribution >= 4 is 22.0 Å². The van der Waals surface area contributed by atoms with Crippen LogP contribution in [0.1, 0.15) is 5.56 Å². The summed E-state index contributed by atoms with van der Waals surface area (Å²) in [5.41, 5.74) is 0.918. The molecule has 0 saturated carbocycles. The van der Waals surface area contributed by atoms with Crippen LogP contribution >= 0.6 is 15.9 Å². The van der Waals surface area contributed by atoms with Gasteiger partial charge in [0, 0.05) is 0 Å². The zero-order chi connectivity index (χ0) is 11.3. The van der Waals surface area contributed by atoms with Gasteiger partial charge in [0.1, 0.15) is 16.0 Å². The Morgan fingerprint density at radius 1 is 1.27 bits per heavy atom. The van der Waals surface area contributed by atoms with Crippen molar-refractivity contribution in [1.29, 1.82) is 0 Å². The second-order valence-corrected chi connectivity index (χ2v) is 3.62. The fourth-order valence-corrected chi connectivity index (χ4v) is 1.73. The summed E-state index contributed by atoms with van der Waals surface area (Å²) in [6.45, 7) is 0.0146. The minimum absolute atomic E-state index is 0.0146. The van der Waals surface area contributed by atoms with Gasteiger partial charge in [0.25, 0.3) is 0 Å². The largest absolute Gasteiger partial charge is 0.495 e. The van der Waals surface area contributed by atoms with Crippen LogP contribution < -0.4 is 9.47 Å². The van der Waals surface area contributed by atoms with E-state index < -0.39 is 0 Å². The summed E-state index contributed by atoms with van der Waals surface area (Å²) >= 11 is 3.38. The number of rotatable bonds is 4. The van der Waals surface area contributed by atoms with E-state index in [4.69, 9.17) is 14.6 Å². The Bertz CT molecular complexity index is 336. The van der Waals surface area contributed by atoms with Gasteiger partial charge < -0.3 is 14.6 Å². The topological polar surface area (TPSA) is 38.7 Å². The highest BCUT2D eigenvalue weighted by molar-refractivity contribution is 9.10. The molecule has 4 heteroatoms. The van der Waals surface area contributed by atoms with Crippen molar-refractivity contribution in [3.63, 3.8) is 0 Å². The van der Waals surface area contributed by atoms with Crippen molar-refractivity contribution in [1.82, 2.24) is 0 Å². The van der Waals surface area contributed by atoms with Gasteiger partial charge in [0.2, 0.25) is 0 Å². The van der Waals surface area contributed by atoms with Crippen LogP contribution in [0, 0.1) is 0 Å². The van der Waals surface area contributed by atoms with E-state index in [0.717, 1.165) is 10.0 Å². The zero-order valence-electron chi connectivity index (χ0n) is 8.66. The maximum atomic E-state index is 8.68. The molecule has 0 amide bonds. The fraction of sp³-hybridized carbons (Fsp3) is 0.273. The average molecular weight is 273 g/mol. The van der Waals surface area contributed by atoms with Crippen LogP contribution in [-0.2, 0) is 0 Å². The van der Waals surface area contributed by atoms with Gasteiger partial charge in [-0.3, -0.25) is 0 Å². The predicted molar refractivity (Wildman–Crippen MR) is 63.4 cm³/mol. The molecular formula is C11H13BrO3. The normalized spacial score (nSPS) is 10.7. The highest BCUT2D eigenvalue weighted by Crippen LogP contribution is 2.35. The number of halogens is 1. The van der Waals surface area contributed by atoms with E-state index >= 15 is 0 Å². The van der Waals surface area contributed by atoms with E-state index in [9.17, 15) is 0 Å². The van der Waals surface area contributed by atoms with E-state index in [1.807, 2.05) is 12.1 Å². The Hall–Kier alpha value is -1.00. The quantitative estimate of drug-likeness (QED) is 0.915. The average Bonchev–Trinajstić information content (AvgIpc) is 2.27.